The fraction of sp³-hybridized carbons (Fsp3) is 0.227. The van der Waals surface area contributed by atoms with Gasteiger partial charge in [-0.3, -0.25) is 4.79 Å². The van der Waals surface area contributed by atoms with Gasteiger partial charge in [0.15, 0.2) is 0 Å². The molecule has 2 aromatic carbocycles. The Bertz CT molecular complexity index is 1170. The smallest absolute Gasteiger partial charge is 0.336 e. The summed E-state index contributed by atoms with van der Waals surface area (Å²) < 4.78 is 42.7. The molecule has 9 heteroatoms. The van der Waals surface area contributed by atoms with Gasteiger partial charge >= 0.3 is 11.6 Å². The van der Waals surface area contributed by atoms with E-state index in [1.807, 2.05) is 0 Å². The maximum atomic E-state index is 13.8. The van der Waals surface area contributed by atoms with Crippen molar-refractivity contribution in [2.45, 2.75) is 18.9 Å². The maximum absolute atomic E-state index is 13.8. The second-order valence-corrected chi connectivity index (χ2v) is 6.68. The van der Waals surface area contributed by atoms with Crippen LogP contribution in [0.4, 0.5) is 8.78 Å². The van der Waals surface area contributed by atoms with Gasteiger partial charge < -0.3 is 19.2 Å². The van der Waals surface area contributed by atoms with Crippen molar-refractivity contribution >= 4 is 22.8 Å². The Labute approximate surface area is 175 Å². The summed E-state index contributed by atoms with van der Waals surface area (Å²) in [6.07, 6.45) is -0.715. The molecule has 0 unspecified atom stereocenters. The molecule has 0 aliphatic heterocycles. The van der Waals surface area contributed by atoms with Crippen molar-refractivity contribution in [1.29, 1.82) is 0 Å². The van der Waals surface area contributed by atoms with Gasteiger partial charge in [0.1, 0.15) is 29.0 Å². The molecule has 31 heavy (non-hydrogen) atoms. The van der Waals surface area contributed by atoms with Crippen LogP contribution in [0.1, 0.15) is 11.1 Å². The monoisotopic (exact) mass is 431 g/mol. The van der Waals surface area contributed by atoms with E-state index < -0.39 is 47.2 Å². The second-order valence-electron chi connectivity index (χ2n) is 6.68. The predicted molar refractivity (Wildman–Crippen MR) is 107 cm³/mol. The molecule has 3 rings (SSSR count). The van der Waals surface area contributed by atoms with Gasteiger partial charge in [-0.05, 0) is 29.8 Å². The van der Waals surface area contributed by atoms with Gasteiger partial charge in [-0.1, -0.05) is 6.07 Å². The lowest BCUT2D eigenvalue weighted by Crippen LogP contribution is -2.44. The minimum atomic E-state index is -1.19. The zero-order chi connectivity index (χ0) is 22.5. The molecule has 1 atom stereocenters. The van der Waals surface area contributed by atoms with Gasteiger partial charge in [-0.15, -0.1) is 0 Å². The fourth-order valence-corrected chi connectivity index (χ4v) is 3.17. The summed E-state index contributed by atoms with van der Waals surface area (Å²) in [4.78, 5) is 36.6. The number of carbonyl (C=O) groups excluding carboxylic acids is 2. The minimum absolute atomic E-state index is 0.105. The summed E-state index contributed by atoms with van der Waals surface area (Å²) in [6, 6.07) is 8.08. The van der Waals surface area contributed by atoms with Crippen LogP contribution < -0.4 is 15.7 Å². The summed E-state index contributed by atoms with van der Waals surface area (Å²) >= 11 is 0. The minimum Gasteiger partial charge on any atom is -0.497 e. The molecule has 3 aromatic rings. The van der Waals surface area contributed by atoms with Crippen LogP contribution in [0.5, 0.6) is 5.75 Å². The molecule has 1 N–H and O–H groups in total. The molecule has 1 aromatic heterocycles. The van der Waals surface area contributed by atoms with E-state index in [1.54, 1.807) is 12.1 Å². The van der Waals surface area contributed by atoms with Crippen LogP contribution in [-0.2, 0) is 27.2 Å². The molecule has 0 spiro atoms. The zero-order valence-corrected chi connectivity index (χ0v) is 16.7. The summed E-state index contributed by atoms with van der Waals surface area (Å²) in [7, 11) is 2.60. The van der Waals surface area contributed by atoms with E-state index in [2.05, 4.69) is 5.32 Å². The van der Waals surface area contributed by atoms with E-state index in [0.717, 1.165) is 19.2 Å². The first-order chi connectivity index (χ1) is 14.8. The molecule has 7 nitrogen and oxygen atoms in total. The Morgan fingerprint density at radius 2 is 1.81 bits per heavy atom. The van der Waals surface area contributed by atoms with E-state index in [4.69, 9.17) is 13.9 Å². The van der Waals surface area contributed by atoms with Crippen LogP contribution in [0.25, 0.3) is 11.0 Å². The molecule has 0 aliphatic rings. The summed E-state index contributed by atoms with van der Waals surface area (Å²) in [5.74, 6) is -2.83. The molecule has 0 aliphatic carbocycles. The number of hydrogen-bond acceptors (Lipinski definition) is 6. The summed E-state index contributed by atoms with van der Waals surface area (Å²) in [6.45, 7) is 0. The normalized spacial score (nSPS) is 11.7. The number of nitrogens with one attached hydrogen (secondary N) is 1. The van der Waals surface area contributed by atoms with Crippen molar-refractivity contribution in [1.82, 2.24) is 5.32 Å². The highest BCUT2D eigenvalue weighted by Crippen LogP contribution is 2.23. The van der Waals surface area contributed by atoms with Gasteiger partial charge in [0.2, 0.25) is 5.91 Å². The lowest BCUT2D eigenvalue weighted by molar-refractivity contribution is -0.145. The third-order valence-electron chi connectivity index (χ3n) is 4.68. The third kappa shape index (κ3) is 5.06. The van der Waals surface area contributed by atoms with E-state index >= 15 is 0 Å². The van der Waals surface area contributed by atoms with Crippen molar-refractivity contribution in [3.63, 3.8) is 0 Å². The number of carbonyl (C=O) groups is 2. The zero-order valence-electron chi connectivity index (χ0n) is 16.7. The molecule has 0 saturated carbocycles. The Kier molecular flexibility index (Phi) is 6.64. The molecule has 1 heterocycles. The van der Waals surface area contributed by atoms with Crippen LogP contribution in [0, 0.1) is 11.6 Å². The molecule has 1 amide bonds. The number of methoxy groups -OCH3 is 2. The topological polar surface area (TPSA) is 94.8 Å². The van der Waals surface area contributed by atoms with Crippen LogP contribution in [0.15, 0.2) is 51.7 Å². The van der Waals surface area contributed by atoms with Crippen molar-refractivity contribution in [2.24, 2.45) is 0 Å². The Morgan fingerprint density at radius 3 is 2.45 bits per heavy atom. The van der Waals surface area contributed by atoms with Crippen LogP contribution in [0.2, 0.25) is 0 Å². The molecule has 0 saturated heterocycles. The van der Waals surface area contributed by atoms with Crippen molar-refractivity contribution in [2.75, 3.05) is 14.2 Å². The first-order valence-corrected chi connectivity index (χ1v) is 9.23. The van der Waals surface area contributed by atoms with E-state index in [1.165, 1.54) is 25.3 Å². The van der Waals surface area contributed by atoms with Crippen molar-refractivity contribution < 1.29 is 32.3 Å². The largest absolute Gasteiger partial charge is 0.497 e. The van der Waals surface area contributed by atoms with Gasteiger partial charge in [0.25, 0.3) is 0 Å². The van der Waals surface area contributed by atoms with Gasteiger partial charge in [-0.2, -0.15) is 0 Å². The molecule has 0 radical (unpaired) electrons. The van der Waals surface area contributed by atoms with E-state index in [-0.39, 0.29) is 12.0 Å². The van der Waals surface area contributed by atoms with Crippen molar-refractivity contribution in [3.8, 4) is 5.75 Å². The average Bonchev–Trinajstić information content (AvgIpc) is 2.74. The molecule has 162 valence electrons. The van der Waals surface area contributed by atoms with Crippen molar-refractivity contribution in [3.05, 3.63) is 75.6 Å². The predicted octanol–water partition coefficient (Wildman–Crippen LogP) is 2.52. The molecular formula is C22H19F2NO6. The Hall–Kier alpha value is -3.75. The summed E-state index contributed by atoms with van der Waals surface area (Å²) in [5, 5.41) is 2.95. The first-order valence-electron chi connectivity index (χ1n) is 9.23. The molecular weight excluding hydrogens is 412 g/mol. The Morgan fingerprint density at radius 1 is 1.10 bits per heavy atom. The number of rotatable bonds is 7. The maximum Gasteiger partial charge on any atom is 0.336 e. The molecule has 0 bridgehead atoms. The first kappa shape index (κ1) is 21.9. The average molecular weight is 431 g/mol. The van der Waals surface area contributed by atoms with E-state index in [0.29, 0.717) is 16.7 Å². The lowest BCUT2D eigenvalue weighted by atomic mass is 10.0. The second kappa shape index (κ2) is 9.38. The SMILES string of the molecule is COC(=O)[C@H](Cc1cc(=O)oc2cc(OC)ccc12)NC(=O)Cc1c(F)cccc1F. The highest BCUT2D eigenvalue weighted by molar-refractivity contribution is 5.87. The fourth-order valence-electron chi connectivity index (χ4n) is 3.17. The number of fused-ring (bicyclic) bond motifs is 1. The van der Waals surface area contributed by atoms with Crippen LogP contribution in [-0.4, -0.2) is 32.1 Å². The Balaban J connectivity index is 1.88. The quantitative estimate of drug-likeness (QED) is 0.456. The number of hydrogen-bond donors (Lipinski definition) is 1. The molecule has 0 fully saturated rings. The number of esters is 1. The van der Waals surface area contributed by atoms with Gasteiger partial charge in [-0.25, -0.2) is 18.4 Å². The number of halogens is 2. The third-order valence-corrected chi connectivity index (χ3v) is 4.68. The van der Waals surface area contributed by atoms with E-state index in [9.17, 15) is 23.2 Å². The standard InChI is InChI=1S/C22H19F2NO6/c1-29-13-6-7-14-12(9-21(27)31-19(14)10-13)8-18(22(28)30-2)25-20(26)11-15-16(23)4-3-5-17(15)24/h3-7,9-10,18H,8,11H2,1-2H3,(H,25,26)/t18-/m0/s1. The van der Waals surface area contributed by atoms with Gasteiger partial charge in [0, 0.05) is 29.5 Å². The van der Waals surface area contributed by atoms with Crippen LogP contribution >= 0.6 is 0 Å². The lowest BCUT2D eigenvalue weighted by Gasteiger charge is -2.17. The number of ether oxygens (including phenoxy) is 2. The van der Waals surface area contributed by atoms with Crippen LogP contribution in [0.3, 0.4) is 0 Å². The highest BCUT2D eigenvalue weighted by Gasteiger charge is 2.25. The number of benzene rings is 2. The van der Waals surface area contributed by atoms with Gasteiger partial charge in [0.05, 0.1) is 20.6 Å². The number of amides is 1. The highest BCUT2D eigenvalue weighted by atomic mass is 19.1. The summed E-state index contributed by atoms with van der Waals surface area (Å²) in [5.41, 5.74) is -0.410.